The van der Waals surface area contributed by atoms with Crippen LogP contribution in [0.4, 0.5) is 0 Å². The maximum Gasteiger partial charge on any atom is 0.134 e. The molecule has 0 N–H and O–H groups in total. The number of hydrogen-bond acceptors (Lipinski definition) is 1. The molecule has 0 saturated carbocycles. The summed E-state index contributed by atoms with van der Waals surface area (Å²) < 4.78 is 5.73. The van der Waals surface area contributed by atoms with E-state index in [9.17, 15) is 0 Å². The predicted molar refractivity (Wildman–Crippen MR) is 107 cm³/mol. The van der Waals surface area contributed by atoms with E-state index in [1.54, 1.807) is 6.26 Å². The third-order valence-corrected chi connectivity index (χ3v) is 4.73. The highest BCUT2D eigenvalue weighted by atomic mass is 16.3. The van der Waals surface area contributed by atoms with Crippen LogP contribution < -0.4 is 0 Å². The molecule has 0 aliphatic heterocycles. The van der Waals surface area contributed by atoms with Crippen LogP contribution in [-0.2, 0) is 10.8 Å². The largest absolute Gasteiger partial charge is 0.464 e. The summed E-state index contributed by atoms with van der Waals surface area (Å²) in [6.45, 7) is 13.5. The lowest BCUT2D eigenvalue weighted by Gasteiger charge is -2.22. The van der Waals surface area contributed by atoms with Gasteiger partial charge in [-0.05, 0) is 51.3 Å². The first-order valence-electron chi connectivity index (χ1n) is 8.95. The van der Waals surface area contributed by atoms with E-state index in [4.69, 9.17) is 4.42 Å². The Bertz CT molecular complexity index is 839. The van der Waals surface area contributed by atoms with Crippen molar-refractivity contribution in [2.45, 2.75) is 52.4 Å². The van der Waals surface area contributed by atoms with E-state index in [0.29, 0.717) is 0 Å². The first-order chi connectivity index (χ1) is 11.7. The summed E-state index contributed by atoms with van der Waals surface area (Å²) in [4.78, 5) is 0. The van der Waals surface area contributed by atoms with Crippen LogP contribution in [0.5, 0.6) is 0 Å². The van der Waals surface area contributed by atoms with Crippen molar-refractivity contribution < 1.29 is 4.42 Å². The first-order valence-corrected chi connectivity index (χ1v) is 8.95. The molecule has 0 amide bonds. The molecule has 0 aliphatic carbocycles. The molecule has 25 heavy (non-hydrogen) atoms. The summed E-state index contributed by atoms with van der Waals surface area (Å²) in [7, 11) is 0. The van der Waals surface area contributed by atoms with Crippen LogP contribution in [0.3, 0.4) is 0 Å². The van der Waals surface area contributed by atoms with Crippen LogP contribution >= 0.6 is 0 Å². The van der Waals surface area contributed by atoms with Gasteiger partial charge >= 0.3 is 0 Å². The Hall–Kier alpha value is -2.28. The zero-order chi connectivity index (χ0) is 18.2. The highest BCUT2D eigenvalue weighted by Crippen LogP contribution is 2.37. The second-order valence-corrected chi connectivity index (χ2v) is 8.82. The molecule has 0 unspecified atom stereocenters. The zero-order valence-corrected chi connectivity index (χ0v) is 16.2. The van der Waals surface area contributed by atoms with E-state index in [-0.39, 0.29) is 10.8 Å². The van der Waals surface area contributed by atoms with Crippen molar-refractivity contribution in [1.82, 2.24) is 0 Å². The second-order valence-electron chi connectivity index (χ2n) is 8.82. The molecular formula is C24H28O. The normalized spacial score (nSPS) is 12.4. The van der Waals surface area contributed by atoms with Crippen LogP contribution in [0.2, 0.25) is 0 Å². The second kappa shape index (κ2) is 6.22. The average molecular weight is 332 g/mol. The minimum atomic E-state index is 0.107. The Balaban J connectivity index is 2.13. The van der Waals surface area contributed by atoms with Gasteiger partial charge in [0.15, 0.2) is 0 Å². The van der Waals surface area contributed by atoms with E-state index < -0.39 is 0 Å². The van der Waals surface area contributed by atoms with Crippen molar-refractivity contribution in [2.24, 2.45) is 0 Å². The lowest BCUT2D eigenvalue weighted by Crippen LogP contribution is -2.11. The fourth-order valence-electron chi connectivity index (χ4n) is 3.05. The Morgan fingerprint density at radius 3 is 1.76 bits per heavy atom. The molecule has 3 aromatic rings. The fraction of sp³-hybridized carbons (Fsp3) is 0.333. The summed E-state index contributed by atoms with van der Waals surface area (Å²) in [5.41, 5.74) is 6.52. The molecule has 0 saturated heterocycles. The number of furan rings is 1. The van der Waals surface area contributed by atoms with Crippen LogP contribution in [0.25, 0.3) is 22.5 Å². The average Bonchev–Trinajstić information content (AvgIpc) is 3.07. The summed E-state index contributed by atoms with van der Waals surface area (Å²) >= 11 is 0. The monoisotopic (exact) mass is 332 g/mol. The summed E-state index contributed by atoms with van der Waals surface area (Å²) in [5, 5.41) is 0. The van der Waals surface area contributed by atoms with Gasteiger partial charge in [-0.3, -0.25) is 0 Å². The zero-order valence-electron chi connectivity index (χ0n) is 16.2. The van der Waals surface area contributed by atoms with Crippen LogP contribution in [0.15, 0.2) is 65.3 Å². The Kier molecular flexibility index (Phi) is 4.36. The van der Waals surface area contributed by atoms with Crippen LogP contribution in [0.1, 0.15) is 52.7 Å². The van der Waals surface area contributed by atoms with Gasteiger partial charge in [0.2, 0.25) is 0 Å². The van der Waals surface area contributed by atoms with E-state index in [1.807, 2.05) is 12.1 Å². The summed E-state index contributed by atoms with van der Waals surface area (Å²) in [5.74, 6) is 0.918. The third-order valence-electron chi connectivity index (χ3n) is 4.73. The van der Waals surface area contributed by atoms with Crippen molar-refractivity contribution in [3.63, 3.8) is 0 Å². The highest BCUT2D eigenvalue weighted by molar-refractivity contribution is 5.82. The van der Waals surface area contributed by atoms with Crippen molar-refractivity contribution in [1.29, 1.82) is 0 Å². The van der Waals surface area contributed by atoms with Gasteiger partial charge < -0.3 is 4.42 Å². The number of hydrogen-bond donors (Lipinski definition) is 0. The fourth-order valence-corrected chi connectivity index (χ4v) is 3.05. The molecule has 0 aliphatic rings. The molecule has 0 bridgehead atoms. The molecule has 0 radical (unpaired) electrons. The van der Waals surface area contributed by atoms with Crippen molar-refractivity contribution in [3.05, 3.63) is 72.0 Å². The van der Waals surface area contributed by atoms with Crippen LogP contribution in [-0.4, -0.2) is 0 Å². The van der Waals surface area contributed by atoms with E-state index in [2.05, 4.69) is 84.0 Å². The molecule has 0 atom stereocenters. The van der Waals surface area contributed by atoms with Gasteiger partial charge in [0.05, 0.1) is 6.26 Å². The minimum Gasteiger partial charge on any atom is -0.464 e. The van der Waals surface area contributed by atoms with Crippen LogP contribution in [0, 0.1) is 0 Å². The van der Waals surface area contributed by atoms with Gasteiger partial charge in [0.25, 0.3) is 0 Å². The molecule has 1 heterocycles. The van der Waals surface area contributed by atoms with E-state index >= 15 is 0 Å². The standard InChI is InChI=1S/C24H28O/c1-23(2,3)18-11-9-17(10-12-18)20-14-13-19(24(4,5)6)16-21(20)22-8-7-15-25-22/h7-16H,1-6H3. The smallest absolute Gasteiger partial charge is 0.134 e. The number of benzene rings is 2. The summed E-state index contributed by atoms with van der Waals surface area (Å²) in [6, 6.07) is 19.6. The van der Waals surface area contributed by atoms with Crippen molar-refractivity contribution in [2.75, 3.05) is 0 Å². The molecular weight excluding hydrogens is 304 g/mol. The minimum absolute atomic E-state index is 0.107. The van der Waals surface area contributed by atoms with Gasteiger partial charge in [-0.15, -0.1) is 0 Å². The third kappa shape index (κ3) is 3.71. The van der Waals surface area contributed by atoms with Gasteiger partial charge in [0, 0.05) is 5.56 Å². The SMILES string of the molecule is CC(C)(C)c1ccc(-c2ccc(C(C)(C)C)cc2-c2ccco2)cc1. The number of rotatable bonds is 2. The van der Waals surface area contributed by atoms with Gasteiger partial charge in [-0.2, -0.15) is 0 Å². The Labute approximate surface area is 151 Å². The Morgan fingerprint density at radius 1 is 0.640 bits per heavy atom. The molecule has 130 valence electrons. The lowest BCUT2D eigenvalue weighted by atomic mass is 9.83. The molecule has 0 fully saturated rings. The van der Waals surface area contributed by atoms with Gasteiger partial charge in [-0.25, -0.2) is 0 Å². The molecule has 3 rings (SSSR count). The Morgan fingerprint density at radius 2 is 1.24 bits per heavy atom. The van der Waals surface area contributed by atoms with Crippen molar-refractivity contribution >= 4 is 0 Å². The topological polar surface area (TPSA) is 13.1 Å². The lowest BCUT2D eigenvalue weighted by molar-refractivity contribution is 0.578. The highest BCUT2D eigenvalue weighted by Gasteiger charge is 2.19. The van der Waals surface area contributed by atoms with Gasteiger partial charge in [-0.1, -0.05) is 77.9 Å². The molecule has 2 aromatic carbocycles. The molecule has 1 nitrogen and oxygen atoms in total. The molecule has 0 spiro atoms. The quantitative estimate of drug-likeness (QED) is 0.483. The predicted octanol–water partition coefficient (Wildman–Crippen LogP) is 7.21. The van der Waals surface area contributed by atoms with Crippen molar-refractivity contribution in [3.8, 4) is 22.5 Å². The maximum atomic E-state index is 5.73. The summed E-state index contributed by atoms with van der Waals surface area (Å²) in [6.07, 6.45) is 1.74. The maximum absolute atomic E-state index is 5.73. The first kappa shape index (κ1) is 17.5. The van der Waals surface area contributed by atoms with Gasteiger partial charge in [0.1, 0.15) is 5.76 Å². The molecule has 1 heteroatoms. The van der Waals surface area contributed by atoms with E-state index in [1.165, 1.54) is 22.3 Å². The molecule has 1 aromatic heterocycles. The van der Waals surface area contributed by atoms with E-state index in [0.717, 1.165) is 11.3 Å².